The summed E-state index contributed by atoms with van der Waals surface area (Å²) in [7, 11) is 0. The SMILES string of the molecule is CC(C)(C)[C@H](NC(=O)C1CCC(F)(F)CC1)c1ncc(C#CC#Cc2cnc([C@@H](NC(=O)C3CCC(F)(F)CC3)C(C)(C)C)[nH]2)[nH]1. The van der Waals surface area contributed by atoms with Crippen molar-refractivity contribution in [2.45, 2.75) is 117 Å². The van der Waals surface area contributed by atoms with Crippen molar-refractivity contribution in [3.63, 3.8) is 0 Å². The summed E-state index contributed by atoms with van der Waals surface area (Å²) in [5, 5.41) is 6.01. The van der Waals surface area contributed by atoms with E-state index in [2.05, 4.69) is 54.3 Å². The molecule has 2 amide bonds. The quantitative estimate of drug-likeness (QED) is 0.210. The van der Waals surface area contributed by atoms with Gasteiger partial charge in [0.1, 0.15) is 23.0 Å². The number of aromatic amines is 2. The van der Waals surface area contributed by atoms with Crippen molar-refractivity contribution in [1.82, 2.24) is 30.6 Å². The molecule has 0 saturated heterocycles. The van der Waals surface area contributed by atoms with Crippen LogP contribution in [0, 0.1) is 46.3 Å². The number of nitrogens with one attached hydrogen (secondary N) is 4. The second-order valence-corrected chi connectivity index (χ2v) is 14.7. The van der Waals surface area contributed by atoms with Crippen LogP contribution < -0.4 is 10.6 Å². The van der Waals surface area contributed by atoms with Crippen LogP contribution in [0.2, 0.25) is 0 Å². The lowest BCUT2D eigenvalue weighted by molar-refractivity contribution is -0.131. The van der Waals surface area contributed by atoms with E-state index in [1.807, 2.05) is 41.5 Å². The molecule has 0 unspecified atom stereocenters. The molecule has 0 aromatic carbocycles. The fourth-order valence-electron chi connectivity index (χ4n) is 5.81. The summed E-state index contributed by atoms with van der Waals surface area (Å²) in [6.07, 6.45) is 2.56. The lowest BCUT2D eigenvalue weighted by Gasteiger charge is -2.33. The highest BCUT2D eigenvalue weighted by atomic mass is 19.3. The van der Waals surface area contributed by atoms with Gasteiger partial charge in [0.15, 0.2) is 0 Å². The third-order valence-corrected chi connectivity index (χ3v) is 8.68. The predicted molar refractivity (Wildman–Crippen MR) is 165 cm³/mol. The zero-order valence-electron chi connectivity index (χ0n) is 27.3. The number of hydrogen-bond donors (Lipinski definition) is 4. The van der Waals surface area contributed by atoms with E-state index in [9.17, 15) is 27.2 Å². The van der Waals surface area contributed by atoms with Crippen molar-refractivity contribution in [3.8, 4) is 23.7 Å². The number of alkyl halides is 4. The first-order chi connectivity index (χ1) is 21.3. The molecular weight excluding hydrogens is 600 g/mol. The van der Waals surface area contributed by atoms with Crippen LogP contribution in [-0.4, -0.2) is 43.6 Å². The van der Waals surface area contributed by atoms with E-state index in [0.29, 0.717) is 23.0 Å². The van der Waals surface area contributed by atoms with Crippen molar-refractivity contribution in [2.24, 2.45) is 22.7 Å². The average Bonchev–Trinajstić information content (AvgIpc) is 3.61. The number of carbonyl (C=O) groups excluding carboxylic acids is 2. The second-order valence-electron chi connectivity index (χ2n) is 14.7. The van der Waals surface area contributed by atoms with Gasteiger partial charge in [0, 0.05) is 37.5 Å². The maximum Gasteiger partial charge on any atom is 0.248 e. The Labute approximate surface area is 268 Å². The molecular formula is C34H44F4N6O2. The molecule has 0 radical (unpaired) electrons. The fourth-order valence-corrected chi connectivity index (χ4v) is 5.81. The number of H-pyrrole nitrogens is 2. The number of amides is 2. The minimum absolute atomic E-state index is 0.150. The Morgan fingerprint density at radius 1 is 0.717 bits per heavy atom. The Balaban J connectivity index is 1.40. The van der Waals surface area contributed by atoms with Crippen LogP contribution in [0.25, 0.3) is 0 Å². The van der Waals surface area contributed by atoms with E-state index in [1.165, 1.54) is 0 Å². The number of imidazole rings is 2. The van der Waals surface area contributed by atoms with Crippen molar-refractivity contribution in [3.05, 3.63) is 35.4 Å². The molecule has 4 rings (SSSR count). The third-order valence-electron chi connectivity index (χ3n) is 8.68. The second kappa shape index (κ2) is 13.5. The van der Waals surface area contributed by atoms with E-state index in [1.54, 1.807) is 12.4 Å². The standard InChI is InChI=1S/C34H44F4N6O2/c1-31(2,3)25(43-29(45)21-11-15-33(35,36)16-12-21)27-39-19-23(41-27)9-7-8-10-24-20-40-28(42-24)26(32(4,5)6)44-30(46)22-13-17-34(37,38)18-14-22/h19-22,25-26H,11-18H2,1-6H3,(H,39,41)(H,40,42)(H,43,45)(H,44,46)/t25-,26-/m1/s1. The number of rotatable bonds is 6. The van der Waals surface area contributed by atoms with Gasteiger partial charge in [0.05, 0.1) is 24.5 Å². The maximum absolute atomic E-state index is 13.6. The van der Waals surface area contributed by atoms with Gasteiger partial charge >= 0.3 is 0 Å². The molecule has 2 aliphatic rings. The van der Waals surface area contributed by atoms with Crippen molar-refractivity contribution >= 4 is 11.8 Å². The molecule has 0 spiro atoms. The smallest absolute Gasteiger partial charge is 0.248 e. The average molecular weight is 645 g/mol. The van der Waals surface area contributed by atoms with Gasteiger partial charge in [-0.1, -0.05) is 41.5 Å². The summed E-state index contributed by atoms with van der Waals surface area (Å²) in [4.78, 5) is 41.0. The number of aromatic nitrogens is 4. The van der Waals surface area contributed by atoms with E-state index in [0.717, 1.165) is 0 Å². The van der Waals surface area contributed by atoms with Gasteiger partial charge in [-0.2, -0.15) is 0 Å². The molecule has 2 aromatic rings. The van der Waals surface area contributed by atoms with E-state index in [-0.39, 0.29) is 63.2 Å². The van der Waals surface area contributed by atoms with Gasteiger partial charge in [-0.3, -0.25) is 9.59 Å². The summed E-state index contributed by atoms with van der Waals surface area (Å²) in [5.41, 5.74) is 0.159. The van der Waals surface area contributed by atoms with Crippen LogP contribution >= 0.6 is 0 Å². The Kier molecular flexibility index (Phi) is 10.3. The van der Waals surface area contributed by atoms with Gasteiger partial charge in [0.2, 0.25) is 23.7 Å². The van der Waals surface area contributed by atoms with E-state index >= 15 is 0 Å². The molecule has 8 nitrogen and oxygen atoms in total. The molecule has 0 aliphatic heterocycles. The first-order valence-corrected chi connectivity index (χ1v) is 15.8. The van der Waals surface area contributed by atoms with Crippen molar-refractivity contribution in [1.29, 1.82) is 0 Å². The van der Waals surface area contributed by atoms with Crippen LogP contribution in [0.3, 0.4) is 0 Å². The lowest BCUT2D eigenvalue weighted by atomic mass is 9.83. The molecule has 4 N–H and O–H groups in total. The van der Waals surface area contributed by atoms with Crippen molar-refractivity contribution in [2.75, 3.05) is 0 Å². The summed E-state index contributed by atoms with van der Waals surface area (Å²) in [6, 6.07) is -0.967. The summed E-state index contributed by atoms with van der Waals surface area (Å²) >= 11 is 0. The Morgan fingerprint density at radius 3 is 1.35 bits per heavy atom. The van der Waals surface area contributed by atoms with Crippen LogP contribution in [-0.2, 0) is 9.59 Å². The number of halogens is 4. The molecule has 2 atom stereocenters. The molecule has 2 heterocycles. The van der Waals surface area contributed by atoms with E-state index < -0.39 is 46.6 Å². The number of hydrogen-bond acceptors (Lipinski definition) is 4. The molecule has 2 fully saturated rings. The van der Waals surface area contributed by atoms with Gasteiger partial charge in [-0.25, -0.2) is 27.5 Å². The largest absolute Gasteiger partial charge is 0.345 e. The first kappa shape index (κ1) is 35.1. The predicted octanol–water partition coefficient (Wildman–Crippen LogP) is 6.59. The molecule has 2 aliphatic carbocycles. The molecule has 2 aromatic heterocycles. The zero-order valence-corrected chi connectivity index (χ0v) is 27.3. The number of carbonyl (C=O) groups is 2. The Hall–Kier alpha value is -3.80. The summed E-state index contributed by atoms with van der Waals surface area (Å²) in [6.45, 7) is 11.7. The normalized spacial score (nSPS) is 20.0. The minimum Gasteiger partial charge on any atom is -0.345 e. The van der Waals surface area contributed by atoms with Gasteiger partial charge in [-0.05, 0) is 60.2 Å². The topological polar surface area (TPSA) is 116 Å². The molecule has 250 valence electrons. The maximum atomic E-state index is 13.6. The Bertz CT molecular complexity index is 1390. The molecule has 12 heteroatoms. The fraction of sp³-hybridized carbons (Fsp3) is 0.647. The highest BCUT2D eigenvalue weighted by Crippen LogP contribution is 2.39. The highest BCUT2D eigenvalue weighted by molar-refractivity contribution is 5.79. The third kappa shape index (κ3) is 9.37. The van der Waals surface area contributed by atoms with Gasteiger partial charge in [0.25, 0.3) is 0 Å². The first-order valence-electron chi connectivity index (χ1n) is 15.8. The van der Waals surface area contributed by atoms with Gasteiger partial charge < -0.3 is 20.6 Å². The monoisotopic (exact) mass is 644 g/mol. The summed E-state index contributed by atoms with van der Waals surface area (Å²) in [5.74, 6) is 5.54. The highest BCUT2D eigenvalue weighted by Gasteiger charge is 2.40. The zero-order chi connectivity index (χ0) is 33.9. The number of nitrogens with zero attached hydrogens (tertiary/aromatic N) is 2. The molecule has 2 saturated carbocycles. The van der Waals surface area contributed by atoms with Crippen LogP contribution in [0.1, 0.15) is 128 Å². The van der Waals surface area contributed by atoms with Crippen molar-refractivity contribution < 1.29 is 27.2 Å². The van der Waals surface area contributed by atoms with Gasteiger partial charge in [-0.15, -0.1) is 0 Å². The molecule has 0 bridgehead atoms. The Morgan fingerprint density at radius 2 is 1.04 bits per heavy atom. The van der Waals surface area contributed by atoms with Crippen LogP contribution in [0.5, 0.6) is 0 Å². The minimum atomic E-state index is -2.70. The van der Waals surface area contributed by atoms with Crippen LogP contribution in [0.4, 0.5) is 17.6 Å². The summed E-state index contributed by atoms with van der Waals surface area (Å²) < 4.78 is 54.3. The van der Waals surface area contributed by atoms with Crippen LogP contribution in [0.15, 0.2) is 12.4 Å². The van der Waals surface area contributed by atoms with E-state index in [4.69, 9.17) is 0 Å². The lowest BCUT2D eigenvalue weighted by Crippen LogP contribution is -2.42. The molecule has 46 heavy (non-hydrogen) atoms.